The molecule has 27 heavy (non-hydrogen) atoms. The lowest BCUT2D eigenvalue weighted by molar-refractivity contribution is -0.153. The van der Waals surface area contributed by atoms with Gasteiger partial charge in [0.15, 0.2) is 0 Å². The van der Waals surface area contributed by atoms with Crippen molar-refractivity contribution in [2.24, 2.45) is 17.8 Å². The Hall–Kier alpha value is -1.93. The first-order valence-electron chi connectivity index (χ1n) is 10.1. The molecule has 4 bridgehead atoms. The number of benzene rings is 1. The van der Waals surface area contributed by atoms with E-state index in [1.54, 1.807) is 17.0 Å². The summed E-state index contributed by atoms with van der Waals surface area (Å²) in [5.41, 5.74) is 0.927. The number of hydrogen-bond acceptors (Lipinski definition) is 3. The molecule has 0 N–H and O–H groups in total. The third-order valence-electron chi connectivity index (χ3n) is 6.88. The number of carbonyl (C=O) groups excluding carboxylic acids is 1. The number of amides is 1. The third-order valence-corrected chi connectivity index (χ3v) is 6.88. The molecular formula is C22H28FN3O. The summed E-state index contributed by atoms with van der Waals surface area (Å²) in [6.07, 6.45) is 7.29. The Morgan fingerprint density at radius 3 is 2.22 bits per heavy atom. The summed E-state index contributed by atoms with van der Waals surface area (Å²) in [6, 6.07) is 8.63. The van der Waals surface area contributed by atoms with E-state index in [1.807, 2.05) is 7.05 Å². The number of halogens is 1. The van der Waals surface area contributed by atoms with Crippen LogP contribution in [-0.4, -0.2) is 41.4 Å². The van der Waals surface area contributed by atoms with Gasteiger partial charge in [-0.2, -0.15) is 5.26 Å². The molecule has 144 valence electrons. The molecule has 0 spiro atoms. The molecule has 0 unspecified atom stereocenters. The number of carbonyl (C=O) groups is 1. The molecule has 4 fully saturated rings. The van der Waals surface area contributed by atoms with E-state index in [9.17, 15) is 9.18 Å². The van der Waals surface area contributed by atoms with Gasteiger partial charge in [0, 0.05) is 12.1 Å². The van der Waals surface area contributed by atoms with Gasteiger partial charge in [0.2, 0.25) is 5.91 Å². The van der Waals surface area contributed by atoms with Gasteiger partial charge in [-0.1, -0.05) is 12.1 Å². The van der Waals surface area contributed by atoms with Crippen LogP contribution in [0, 0.1) is 34.9 Å². The van der Waals surface area contributed by atoms with Crippen molar-refractivity contribution in [3.8, 4) is 6.07 Å². The Morgan fingerprint density at radius 2 is 1.70 bits per heavy atom. The first kappa shape index (κ1) is 18.4. The number of rotatable bonds is 6. The van der Waals surface area contributed by atoms with E-state index < -0.39 is 0 Å². The van der Waals surface area contributed by atoms with Gasteiger partial charge >= 0.3 is 0 Å². The number of likely N-dealkylation sites (N-methyl/N-ethyl adjacent to an activating group) is 1. The molecule has 0 saturated heterocycles. The van der Waals surface area contributed by atoms with Gasteiger partial charge in [0.1, 0.15) is 5.82 Å². The Labute approximate surface area is 160 Å². The normalized spacial score (nSPS) is 31.1. The average molecular weight is 369 g/mol. The van der Waals surface area contributed by atoms with Crippen molar-refractivity contribution in [3.05, 3.63) is 35.6 Å². The summed E-state index contributed by atoms with van der Waals surface area (Å²) in [5.74, 6) is 2.09. The second kappa shape index (κ2) is 7.24. The molecule has 5 heteroatoms. The highest BCUT2D eigenvalue weighted by Crippen LogP contribution is 2.58. The van der Waals surface area contributed by atoms with Gasteiger partial charge in [-0.25, -0.2) is 4.39 Å². The Balaban J connectivity index is 1.60. The van der Waals surface area contributed by atoms with E-state index in [0.717, 1.165) is 42.6 Å². The molecule has 0 heterocycles. The monoisotopic (exact) mass is 369 g/mol. The third kappa shape index (κ3) is 3.73. The van der Waals surface area contributed by atoms with Crippen LogP contribution >= 0.6 is 0 Å². The van der Waals surface area contributed by atoms with Crippen molar-refractivity contribution in [2.45, 2.75) is 50.6 Å². The number of nitrogens with zero attached hydrogens (tertiary/aromatic N) is 3. The summed E-state index contributed by atoms with van der Waals surface area (Å²) in [6.45, 7) is 1.04. The summed E-state index contributed by atoms with van der Waals surface area (Å²) in [7, 11) is 1.82. The highest BCUT2D eigenvalue weighted by atomic mass is 19.1. The summed E-state index contributed by atoms with van der Waals surface area (Å²) in [4.78, 5) is 17.2. The average Bonchev–Trinajstić information content (AvgIpc) is 2.60. The first-order valence-corrected chi connectivity index (χ1v) is 10.1. The topological polar surface area (TPSA) is 47.3 Å². The van der Waals surface area contributed by atoms with Crippen LogP contribution in [0.3, 0.4) is 0 Å². The number of hydrogen-bond donors (Lipinski definition) is 0. The van der Waals surface area contributed by atoms with E-state index in [0.29, 0.717) is 6.54 Å². The SMILES string of the molecule is CN(CC#N)CC(=O)N(Cc1ccc(F)cc1)C12CC3CC(CC(C3)C1)C2. The molecule has 0 atom stereocenters. The fourth-order valence-corrected chi connectivity index (χ4v) is 6.18. The quantitative estimate of drug-likeness (QED) is 0.720. The van der Waals surface area contributed by atoms with Crippen LogP contribution in [0.2, 0.25) is 0 Å². The van der Waals surface area contributed by atoms with Crippen molar-refractivity contribution < 1.29 is 9.18 Å². The zero-order valence-electron chi connectivity index (χ0n) is 16.0. The summed E-state index contributed by atoms with van der Waals surface area (Å²) < 4.78 is 13.3. The molecular weight excluding hydrogens is 341 g/mol. The minimum atomic E-state index is -0.250. The zero-order chi connectivity index (χ0) is 19.0. The van der Waals surface area contributed by atoms with E-state index >= 15 is 0 Å². The molecule has 0 radical (unpaired) electrons. The molecule has 4 saturated carbocycles. The van der Waals surface area contributed by atoms with Gasteiger partial charge in [0.05, 0.1) is 19.2 Å². The van der Waals surface area contributed by atoms with Crippen molar-refractivity contribution in [1.29, 1.82) is 5.26 Å². The molecule has 1 aromatic rings. The predicted octanol–water partition coefficient (Wildman–Crippen LogP) is 3.58. The van der Waals surface area contributed by atoms with Gasteiger partial charge in [-0.3, -0.25) is 9.69 Å². The van der Waals surface area contributed by atoms with Crippen molar-refractivity contribution in [2.75, 3.05) is 20.1 Å². The molecule has 0 aromatic heterocycles. The van der Waals surface area contributed by atoms with Crippen LogP contribution in [0.4, 0.5) is 4.39 Å². The van der Waals surface area contributed by atoms with Crippen molar-refractivity contribution in [1.82, 2.24) is 9.80 Å². The smallest absolute Gasteiger partial charge is 0.237 e. The molecule has 1 aromatic carbocycles. The second-order valence-electron chi connectivity index (χ2n) is 9.08. The largest absolute Gasteiger partial charge is 0.332 e. The van der Waals surface area contributed by atoms with Gasteiger partial charge < -0.3 is 4.90 Å². The fraction of sp³-hybridized carbons (Fsp3) is 0.636. The highest BCUT2D eigenvalue weighted by Gasteiger charge is 2.54. The van der Waals surface area contributed by atoms with Crippen molar-refractivity contribution in [3.63, 3.8) is 0 Å². The lowest BCUT2D eigenvalue weighted by Gasteiger charge is -2.60. The Bertz CT molecular complexity index is 704. The molecule has 4 nitrogen and oxygen atoms in total. The lowest BCUT2D eigenvalue weighted by atomic mass is 9.52. The Morgan fingerprint density at radius 1 is 1.15 bits per heavy atom. The first-order chi connectivity index (χ1) is 13.0. The molecule has 4 aliphatic rings. The van der Waals surface area contributed by atoms with Crippen LogP contribution in [0.25, 0.3) is 0 Å². The van der Waals surface area contributed by atoms with E-state index in [-0.39, 0.29) is 30.4 Å². The lowest BCUT2D eigenvalue weighted by Crippen LogP contribution is -2.62. The van der Waals surface area contributed by atoms with E-state index in [2.05, 4.69) is 11.0 Å². The van der Waals surface area contributed by atoms with Crippen molar-refractivity contribution >= 4 is 5.91 Å². The summed E-state index contributed by atoms with van der Waals surface area (Å²) >= 11 is 0. The minimum Gasteiger partial charge on any atom is -0.332 e. The standard InChI is InChI=1S/C22H28FN3O/c1-25(7-6-24)15-21(27)26(14-16-2-4-20(23)5-3-16)22-11-17-8-18(12-22)10-19(9-17)13-22/h2-5,17-19H,7-15H2,1H3. The minimum absolute atomic E-state index is 0.0479. The maximum Gasteiger partial charge on any atom is 0.237 e. The van der Waals surface area contributed by atoms with Crippen LogP contribution in [0.5, 0.6) is 0 Å². The fourth-order valence-electron chi connectivity index (χ4n) is 6.18. The highest BCUT2D eigenvalue weighted by molar-refractivity contribution is 5.79. The maximum absolute atomic E-state index is 13.3. The van der Waals surface area contributed by atoms with Gasteiger partial charge in [-0.05, 0) is 81.0 Å². The molecule has 5 rings (SSSR count). The molecule has 1 amide bonds. The zero-order valence-corrected chi connectivity index (χ0v) is 16.0. The van der Waals surface area contributed by atoms with Crippen LogP contribution in [0.15, 0.2) is 24.3 Å². The van der Waals surface area contributed by atoms with Gasteiger partial charge in [0.25, 0.3) is 0 Å². The molecule has 4 aliphatic carbocycles. The maximum atomic E-state index is 13.3. The van der Waals surface area contributed by atoms with Crippen LogP contribution in [0.1, 0.15) is 44.1 Å². The van der Waals surface area contributed by atoms with E-state index in [1.165, 1.54) is 31.4 Å². The Kier molecular flexibility index (Phi) is 4.94. The van der Waals surface area contributed by atoms with E-state index in [4.69, 9.17) is 5.26 Å². The second-order valence-corrected chi connectivity index (χ2v) is 9.08. The molecule has 0 aliphatic heterocycles. The van der Waals surface area contributed by atoms with Crippen LogP contribution in [-0.2, 0) is 11.3 Å². The predicted molar refractivity (Wildman–Crippen MR) is 101 cm³/mol. The van der Waals surface area contributed by atoms with Gasteiger partial charge in [-0.15, -0.1) is 0 Å². The summed E-state index contributed by atoms with van der Waals surface area (Å²) in [5, 5.41) is 8.93. The van der Waals surface area contributed by atoms with Crippen LogP contribution < -0.4 is 0 Å². The number of nitriles is 1.